The molecule has 0 bridgehead atoms. The third-order valence-electron chi connectivity index (χ3n) is 4.89. The van der Waals surface area contributed by atoms with E-state index in [1.54, 1.807) is 12.1 Å². The maximum absolute atomic E-state index is 12.5. The molecule has 0 aromatic heterocycles. The average Bonchev–Trinajstić information content (AvgIpc) is 2.99. The molecule has 2 aliphatic rings. The molecule has 5 nitrogen and oxygen atoms in total. The van der Waals surface area contributed by atoms with E-state index in [1.807, 2.05) is 6.07 Å². The summed E-state index contributed by atoms with van der Waals surface area (Å²) in [6, 6.07) is 4.37. The smallest absolute Gasteiger partial charge is 0.330 e. The van der Waals surface area contributed by atoms with Crippen molar-refractivity contribution in [1.82, 2.24) is 5.32 Å². The van der Waals surface area contributed by atoms with Crippen LogP contribution >= 0.6 is 0 Å². The molecule has 1 aliphatic heterocycles. The topological polar surface area (TPSA) is 75.6 Å². The second kappa shape index (κ2) is 6.60. The Hall–Kier alpha value is -2.04. The number of fused-ring (bicyclic) bond motifs is 1. The Morgan fingerprint density at radius 1 is 1.35 bits per heavy atom. The lowest BCUT2D eigenvalue weighted by molar-refractivity contribution is -0.143. The second-order valence-corrected chi connectivity index (χ2v) is 6.71. The highest BCUT2D eigenvalue weighted by Gasteiger charge is 2.30. The Morgan fingerprint density at radius 2 is 2.17 bits per heavy atom. The Balaban J connectivity index is 1.74. The fourth-order valence-electron chi connectivity index (χ4n) is 3.61. The first kappa shape index (κ1) is 15.8. The summed E-state index contributed by atoms with van der Waals surface area (Å²) in [6.07, 6.45) is 4.66. The molecular formula is C18H23NO4. The number of carbonyl (C=O) groups excluding carboxylic acids is 1. The van der Waals surface area contributed by atoms with Crippen LogP contribution in [0.4, 0.5) is 0 Å². The molecule has 0 saturated heterocycles. The van der Waals surface area contributed by atoms with E-state index in [-0.39, 0.29) is 11.8 Å². The summed E-state index contributed by atoms with van der Waals surface area (Å²) in [6.45, 7) is 2.78. The quantitative estimate of drug-likeness (QED) is 0.895. The van der Waals surface area contributed by atoms with E-state index >= 15 is 0 Å². The lowest BCUT2D eigenvalue weighted by Gasteiger charge is -2.27. The fourth-order valence-corrected chi connectivity index (χ4v) is 3.61. The van der Waals surface area contributed by atoms with Gasteiger partial charge in [0.1, 0.15) is 5.75 Å². The summed E-state index contributed by atoms with van der Waals surface area (Å²) in [5, 5.41) is 12.3. The number of carbonyl (C=O) groups is 2. The Morgan fingerprint density at radius 3 is 2.91 bits per heavy atom. The minimum Gasteiger partial charge on any atom is -0.493 e. The second-order valence-electron chi connectivity index (χ2n) is 6.71. The number of benzene rings is 1. The maximum atomic E-state index is 12.5. The zero-order valence-electron chi connectivity index (χ0n) is 13.4. The first-order chi connectivity index (χ1) is 11.0. The number of aliphatic carboxylic acids is 1. The van der Waals surface area contributed by atoms with Gasteiger partial charge in [-0.15, -0.1) is 0 Å². The molecule has 1 saturated carbocycles. The molecule has 5 heteroatoms. The van der Waals surface area contributed by atoms with E-state index in [9.17, 15) is 14.7 Å². The van der Waals surface area contributed by atoms with Crippen LogP contribution in [-0.4, -0.2) is 23.6 Å². The number of nitrogens with one attached hydrogen (secondary N) is 1. The van der Waals surface area contributed by atoms with Crippen LogP contribution < -0.4 is 10.1 Å². The van der Waals surface area contributed by atoms with Crippen LogP contribution in [0, 0.1) is 11.8 Å². The lowest BCUT2D eigenvalue weighted by atomic mass is 9.82. The minimum absolute atomic E-state index is 0.0710. The van der Waals surface area contributed by atoms with Gasteiger partial charge in [0.25, 0.3) is 0 Å². The van der Waals surface area contributed by atoms with E-state index in [0.717, 1.165) is 43.4 Å². The van der Waals surface area contributed by atoms with E-state index in [0.29, 0.717) is 18.1 Å². The van der Waals surface area contributed by atoms with Gasteiger partial charge in [-0.05, 0) is 42.0 Å². The number of carboxylic acids is 1. The Bertz CT molecular complexity index is 613. The van der Waals surface area contributed by atoms with Gasteiger partial charge in [-0.3, -0.25) is 4.79 Å². The van der Waals surface area contributed by atoms with Crippen molar-refractivity contribution in [1.29, 1.82) is 0 Å². The third kappa shape index (κ3) is 3.49. The first-order valence-electron chi connectivity index (χ1n) is 8.33. The monoisotopic (exact) mass is 317 g/mol. The van der Waals surface area contributed by atoms with Crippen molar-refractivity contribution >= 4 is 11.9 Å². The predicted molar refractivity (Wildman–Crippen MR) is 85.3 cm³/mol. The van der Waals surface area contributed by atoms with Gasteiger partial charge in [-0.2, -0.15) is 0 Å². The number of rotatable bonds is 4. The average molecular weight is 317 g/mol. The zero-order valence-corrected chi connectivity index (χ0v) is 13.4. The fraction of sp³-hybridized carbons (Fsp3) is 0.556. The summed E-state index contributed by atoms with van der Waals surface area (Å²) >= 11 is 0. The predicted octanol–water partition coefficient (Wildman–Crippen LogP) is 2.69. The highest BCUT2D eigenvalue weighted by Crippen LogP contribution is 2.31. The van der Waals surface area contributed by atoms with Crippen LogP contribution in [0.15, 0.2) is 18.2 Å². The van der Waals surface area contributed by atoms with Crippen LogP contribution in [0.25, 0.3) is 0 Å². The summed E-state index contributed by atoms with van der Waals surface area (Å²) < 4.78 is 5.45. The van der Waals surface area contributed by atoms with Crippen LogP contribution in [0.2, 0.25) is 0 Å². The number of ether oxygens (including phenoxy) is 1. The van der Waals surface area contributed by atoms with Crippen molar-refractivity contribution in [3.63, 3.8) is 0 Å². The van der Waals surface area contributed by atoms with Crippen molar-refractivity contribution in [2.45, 2.75) is 45.1 Å². The summed E-state index contributed by atoms with van der Waals surface area (Å²) in [5.74, 6) is 0.102. The summed E-state index contributed by atoms with van der Waals surface area (Å²) in [5.41, 5.74) is 1.62. The van der Waals surface area contributed by atoms with Gasteiger partial charge in [0.05, 0.1) is 6.61 Å². The molecule has 1 aliphatic carbocycles. The van der Waals surface area contributed by atoms with Gasteiger partial charge in [0.15, 0.2) is 6.04 Å². The zero-order chi connectivity index (χ0) is 16.4. The van der Waals surface area contributed by atoms with Crippen molar-refractivity contribution in [3.8, 4) is 5.75 Å². The highest BCUT2D eigenvalue weighted by molar-refractivity contribution is 5.86. The molecule has 1 heterocycles. The molecule has 3 atom stereocenters. The number of hydrogen-bond donors (Lipinski definition) is 2. The largest absolute Gasteiger partial charge is 0.493 e. The van der Waals surface area contributed by atoms with Crippen LogP contribution in [0.5, 0.6) is 5.75 Å². The number of carboxylic acid groups (broad SMARTS) is 1. The Kier molecular flexibility index (Phi) is 4.55. The standard InChI is InChI=1S/C18H23NO4/c1-11-3-2-4-14(9-11)17(20)19-16(18(21)22)13-5-6-15-12(10-13)7-8-23-15/h5-6,10-11,14,16H,2-4,7-9H2,1H3,(H,19,20)(H,21,22). The maximum Gasteiger partial charge on any atom is 0.330 e. The first-order valence-corrected chi connectivity index (χ1v) is 8.33. The summed E-state index contributed by atoms with van der Waals surface area (Å²) in [4.78, 5) is 24.1. The highest BCUT2D eigenvalue weighted by atomic mass is 16.5. The van der Waals surface area contributed by atoms with Gasteiger partial charge in [0.2, 0.25) is 5.91 Å². The molecule has 1 aromatic carbocycles. The molecular weight excluding hydrogens is 294 g/mol. The van der Waals surface area contributed by atoms with Gasteiger partial charge in [-0.25, -0.2) is 4.79 Å². The van der Waals surface area contributed by atoms with Crippen molar-refractivity contribution in [2.75, 3.05) is 6.61 Å². The van der Waals surface area contributed by atoms with Gasteiger partial charge >= 0.3 is 5.97 Å². The van der Waals surface area contributed by atoms with Crippen LogP contribution in [0.3, 0.4) is 0 Å². The normalized spacial score (nSPS) is 24.4. The molecule has 1 amide bonds. The third-order valence-corrected chi connectivity index (χ3v) is 4.89. The van der Waals surface area contributed by atoms with E-state index in [4.69, 9.17) is 4.74 Å². The Labute approximate surface area is 136 Å². The molecule has 0 spiro atoms. The molecule has 3 unspecified atom stereocenters. The lowest BCUT2D eigenvalue weighted by Crippen LogP contribution is -2.39. The molecule has 2 N–H and O–H groups in total. The SMILES string of the molecule is CC1CCCC(C(=O)NC(C(=O)O)c2ccc3c(c2)CCO3)C1. The van der Waals surface area contributed by atoms with Gasteiger partial charge in [-0.1, -0.05) is 25.8 Å². The van der Waals surface area contributed by atoms with Crippen LogP contribution in [0.1, 0.15) is 49.8 Å². The van der Waals surface area contributed by atoms with Crippen LogP contribution in [-0.2, 0) is 16.0 Å². The minimum atomic E-state index is -1.03. The molecule has 0 radical (unpaired) electrons. The van der Waals surface area contributed by atoms with Gasteiger partial charge in [0, 0.05) is 12.3 Å². The van der Waals surface area contributed by atoms with Crippen molar-refractivity contribution in [2.24, 2.45) is 11.8 Å². The molecule has 3 rings (SSSR count). The van der Waals surface area contributed by atoms with E-state index < -0.39 is 12.0 Å². The van der Waals surface area contributed by atoms with E-state index in [2.05, 4.69) is 12.2 Å². The van der Waals surface area contributed by atoms with Gasteiger partial charge < -0.3 is 15.2 Å². The molecule has 1 aromatic rings. The summed E-state index contributed by atoms with van der Waals surface area (Å²) in [7, 11) is 0. The molecule has 124 valence electrons. The van der Waals surface area contributed by atoms with E-state index in [1.165, 1.54) is 0 Å². The van der Waals surface area contributed by atoms with Crippen molar-refractivity contribution in [3.05, 3.63) is 29.3 Å². The number of amides is 1. The number of hydrogen-bond acceptors (Lipinski definition) is 3. The van der Waals surface area contributed by atoms with Crippen molar-refractivity contribution < 1.29 is 19.4 Å². The molecule has 1 fully saturated rings. The molecule has 23 heavy (non-hydrogen) atoms.